The third-order valence-electron chi connectivity index (χ3n) is 6.03. The van der Waals surface area contributed by atoms with Crippen molar-refractivity contribution in [3.8, 4) is 5.75 Å². The van der Waals surface area contributed by atoms with Crippen LogP contribution in [0, 0.1) is 24.0 Å². The molecule has 156 valence electrons. The van der Waals surface area contributed by atoms with Crippen molar-refractivity contribution in [1.29, 1.82) is 0 Å². The first kappa shape index (κ1) is 20.3. The molecule has 0 bridgehead atoms. The van der Waals surface area contributed by atoms with E-state index in [1.807, 2.05) is 13.8 Å². The number of rotatable bonds is 2. The summed E-state index contributed by atoms with van der Waals surface area (Å²) in [5.41, 5.74) is 1.32. The van der Waals surface area contributed by atoms with Crippen molar-refractivity contribution in [3.05, 3.63) is 67.7 Å². The number of nitro benzene ring substituents is 1. The van der Waals surface area contributed by atoms with Gasteiger partial charge in [0, 0.05) is 37.0 Å². The maximum Gasteiger partial charge on any atom is 0.282 e. The van der Waals surface area contributed by atoms with Crippen molar-refractivity contribution >= 4 is 29.0 Å². The van der Waals surface area contributed by atoms with E-state index < -0.39 is 10.5 Å². The number of hydrogen-bond donors (Lipinski definition) is 0. The Balaban J connectivity index is 1.55. The van der Waals surface area contributed by atoms with Crippen LogP contribution in [0.2, 0.25) is 5.02 Å². The van der Waals surface area contributed by atoms with Gasteiger partial charge in [0.1, 0.15) is 16.9 Å². The van der Waals surface area contributed by atoms with Crippen LogP contribution in [-0.4, -0.2) is 40.2 Å². The molecule has 4 rings (SSSR count). The molecule has 2 heterocycles. The van der Waals surface area contributed by atoms with Crippen LogP contribution in [0.15, 0.2) is 30.3 Å². The minimum absolute atomic E-state index is 0.00544. The van der Waals surface area contributed by atoms with E-state index in [9.17, 15) is 19.7 Å². The van der Waals surface area contributed by atoms with Gasteiger partial charge in [-0.25, -0.2) is 0 Å². The molecule has 1 fully saturated rings. The number of para-hydroxylation sites is 1. The van der Waals surface area contributed by atoms with Crippen LogP contribution >= 0.6 is 11.6 Å². The Morgan fingerprint density at radius 1 is 1.23 bits per heavy atom. The maximum atomic E-state index is 12.9. The summed E-state index contributed by atoms with van der Waals surface area (Å²) in [6.07, 6.45) is 1.18. The highest BCUT2D eigenvalue weighted by atomic mass is 35.5. The van der Waals surface area contributed by atoms with Gasteiger partial charge in [0.15, 0.2) is 5.78 Å². The van der Waals surface area contributed by atoms with Gasteiger partial charge in [0.05, 0.1) is 16.9 Å². The highest BCUT2D eigenvalue weighted by Crippen LogP contribution is 2.43. The number of nitrogens with zero attached hydrogens (tertiary/aromatic N) is 2. The van der Waals surface area contributed by atoms with Crippen molar-refractivity contribution in [1.82, 2.24) is 4.90 Å². The molecule has 0 atom stereocenters. The number of nitro groups is 1. The molecule has 0 radical (unpaired) electrons. The zero-order valence-corrected chi connectivity index (χ0v) is 17.5. The number of hydrogen-bond acceptors (Lipinski definition) is 5. The fourth-order valence-corrected chi connectivity index (χ4v) is 4.53. The lowest BCUT2D eigenvalue weighted by atomic mass is 9.81. The standard InChI is InChI=1S/C22H21ClN2O5/c1-13-11-18-19(14(2)20(13)23)17(26)12-22(30-18)7-9-24(10-8-22)21(27)15-5-3-4-6-16(15)25(28)29/h3-6,11H,7-10,12H2,1-2H3. The number of carbonyl (C=O) groups excluding carboxylic acids is 2. The van der Waals surface area contributed by atoms with Gasteiger partial charge in [0.25, 0.3) is 11.6 Å². The minimum Gasteiger partial charge on any atom is -0.486 e. The molecule has 0 saturated carbocycles. The van der Waals surface area contributed by atoms with Crippen molar-refractivity contribution in [2.24, 2.45) is 0 Å². The van der Waals surface area contributed by atoms with E-state index in [1.165, 1.54) is 18.2 Å². The molecule has 2 aromatic rings. The second-order valence-electron chi connectivity index (χ2n) is 7.96. The average Bonchev–Trinajstić information content (AvgIpc) is 2.71. The number of ether oxygens (including phenoxy) is 1. The smallest absolute Gasteiger partial charge is 0.282 e. The molecule has 1 amide bonds. The normalized spacial score (nSPS) is 17.4. The van der Waals surface area contributed by atoms with E-state index in [4.69, 9.17) is 16.3 Å². The molecule has 1 saturated heterocycles. The van der Waals surface area contributed by atoms with Gasteiger partial charge in [0.2, 0.25) is 0 Å². The number of carbonyl (C=O) groups is 2. The molecule has 30 heavy (non-hydrogen) atoms. The lowest BCUT2D eigenvalue weighted by Gasteiger charge is -2.44. The van der Waals surface area contributed by atoms with E-state index in [0.29, 0.717) is 42.3 Å². The van der Waals surface area contributed by atoms with E-state index in [0.717, 1.165) is 11.1 Å². The van der Waals surface area contributed by atoms with Crippen molar-refractivity contribution in [2.45, 2.75) is 38.7 Å². The molecular weight excluding hydrogens is 408 g/mol. The summed E-state index contributed by atoms with van der Waals surface area (Å²) in [5, 5.41) is 11.8. The predicted octanol–water partition coefficient (Wildman–Crippen LogP) is 4.51. The summed E-state index contributed by atoms with van der Waals surface area (Å²) >= 11 is 6.30. The van der Waals surface area contributed by atoms with Crippen LogP contribution in [0.1, 0.15) is 51.1 Å². The lowest BCUT2D eigenvalue weighted by Crippen LogP contribution is -2.52. The van der Waals surface area contributed by atoms with E-state index >= 15 is 0 Å². The Hall–Kier alpha value is -2.93. The third-order valence-corrected chi connectivity index (χ3v) is 6.61. The Bertz CT molecular complexity index is 1070. The molecule has 8 heteroatoms. The first-order chi connectivity index (χ1) is 14.2. The molecule has 2 aliphatic rings. The number of piperidine rings is 1. The van der Waals surface area contributed by atoms with Crippen molar-refractivity contribution in [2.75, 3.05) is 13.1 Å². The number of halogens is 1. The first-order valence-electron chi connectivity index (χ1n) is 9.77. The van der Waals surface area contributed by atoms with Gasteiger partial charge >= 0.3 is 0 Å². The monoisotopic (exact) mass is 428 g/mol. The van der Waals surface area contributed by atoms with E-state index in [2.05, 4.69) is 0 Å². The third kappa shape index (κ3) is 3.33. The molecular formula is C22H21ClN2O5. The zero-order valence-electron chi connectivity index (χ0n) is 16.7. The summed E-state index contributed by atoms with van der Waals surface area (Å²) in [6.45, 7) is 4.42. The number of Topliss-reactive ketones (excluding diaryl/α,β-unsaturated/α-hetero) is 1. The van der Waals surface area contributed by atoms with Crippen LogP contribution in [0.3, 0.4) is 0 Å². The first-order valence-corrected chi connectivity index (χ1v) is 10.1. The van der Waals surface area contributed by atoms with Crippen LogP contribution in [0.5, 0.6) is 5.75 Å². The number of aryl methyl sites for hydroxylation is 1. The number of benzene rings is 2. The summed E-state index contributed by atoms with van der Waals surface area (Å²) in [7, 11) is 0. The van der Waals surface area contributed by atoms with Crippen molar-refractivity contribution in [3.63, 3.8) is 0 Å². The minimum atomic E-state index is -0.670. The molecule has 2 aromatic carbocycles. The van der Waals surface area contributed by atoms with Crippen LogP contribution in [0.4, 0.5) is 5.69 Å². The Morgan fingerprint density at radius 3 is 2.57 bits per heavy atom. The summed E-state index contributed by atoms with van der Waals surface area (Å²) in [6, 6.07) is 7.75. The van der Waals surface area contributed by atoms with E-state index in [1.54, 1.807) is 17.0 Å². The molecule has 1 spiro atoms. The molecule has 0 aliphatic carbocycles. The number of likely N-dealkylation sites (tertiary alicyclic amines) is 1. The second kappa shape index (κ2) is 7.40. The van der Waals surface area contributed by atoms with E-state index in [-0.39, 0.29) is 29.4 Å². The highest BCUT2D eigenvalue weighted by Gasteiger charge is 2.45. The maximum absolute atomic E-state index is 12.9. The average molecular weight is 429 g/mol. The van der Waals surface area contributed by atoms with Gasteiger partial charge in [-0.3, -0.25) is 19.7 Å². The molecule has 0 aromatic heterocycles. The van der Waals surface area contributed by atoms with Crippen LogP contribution < -0.4 is 4.74 Å². The number of fused-ring (bicyclic) bond motifs is 1. The summed E-state index contributed by atoms with van der Waals surface area (Å²) < 4.78 is 6.32. The van der Waals surface area contributed by atoms with Gasteiger partial charge < -0.3 is 9.64 Å². The quantitative estimate of drug-likeness (QED) is 0.518. The Kier molecular flexibility index (Phi) is 5.02. The van der Waals surface area contributed by atoms with Crippen LogP contribution in [0.25, 0.3) is 0 Å². The molecule has 2 aliphatic heterocycles. The van der Waals surface area contributed by atoms with Gasteiger partial charge in [-0.05, 0) is 37.1 Å². The fourth-order valence-electron chi connectivity index (χ4n) is 4.38. The topological polar surface area (TPSA) is 89.8 Å². The van der Waals surface area contributed by atoms with Crippen LogP contribution in [-0.2, 0) is 0 Å². The highest BCUT2D eigenvalue weighted by molar-refractivity contribution is 6.32. The van der Waals surface area contributed by atoms with Gasteiger partial charge in [-0.2, -0.15) is 0 Å². The Labute approximate surface area is 178 Å². The van der Waals surface area contributed by atoms with Gasteiger partial charge in [-0.15, -0.1) is 0 Å². The summed E-state index contributed by atoms with van der Waals surface area (Å²) in [4.78, 5) is 38.1. The lowest BCUT2D eigenvalue weighted by molar-refractivity contribution is -0.385. The largest absolute Gasteiger partial charge is 0.486 e. The number of amides is 1. The van der Waals surface area contributed by atoms with Crippen molar-refractivity contribution < 1.29 is 19.2 Å². The molecule has 0 unspecified atom stereocenters. The second-order valence-corrected chi connectivity index (χ2v) is 8.34. The molecule has 0 N–H and O–H groups in total. The Morgan fingerprint density at radius 2 is 1.90 bits per heavy atom. The predicted molar refractivity (Wildman–Crippen MR) is 111 cm³/mol. The SMILES string of the molecule is Cc1cc2c(c(C)c1Cl)C(=O)CC1(CCN(C(=O)c3ccccc3[N+](=O)[O-])CC1)O2. The summed E-state index contributed by atoms with van der Waals surface area (Å²) in [5.74, 6) is 0.163. The fraction of sp³-hybridized carbons (Fsp3) is 0.364. The number of ketones is 1. The zero-order chi connectivity index (χ0) is 21.6. The van der Waals surface area contributed by atoms with Gasteiger partial charge in [-0.1, -0.05) is 23.7 Å². The molecule has 7 nitrogen and oxygen atoms in total.